The maximum Gasteiger partial charge on any atom is 0.261 e. The van der Waals surface area contributed by atoms with E-state index in [1.54, 1.807) is 0 Å². The topological polar surface area (TPSA) is 59.3 Å². The summed E-state index contributed by atoms with van der Waals surface area (Å²) in [5.74, 6) is 0. The van der Waals surface area contributed by atoms with Crippen molar-refractivity contribution in [1.29, 1.82) is 0 Å². The van der Waals surface area contributed by atoms with Crippen molar-refractivity contribution in [2.24, 2.45) is 0 Å². The lowest BCUT2D eigenvalue weighted by Crippen LogP contribution is -2.00. The van der Waals surface area contributed by atoms with Gasteiger partial charge in [-0.2, -0.15) is 8.42 Å². The Balaban J connectivity index is 0.000000555. The molecule has 5 heteroatoms. The van der Waals surface area contributed by atoms with E-state index >= 15 is 0 Å². The number of hydrogen-bond acceptors (Lipinski definition) is 2. The third kappa shape index (κ3) is 12.0. The lowest BCUT2D eigenvalue weighted by Gasteiger charge is -2.07. The minimum absolute atomic E-state index is 0.715. The second-order valence-electron chi connectivity index (χ2n) is 4.69. The van der Waals surface area contributed by atoms with Crippen molar-refractivity contribution in [2.75, 3.05) is 6.26 Å². The molecule has 0 bridgehead atoms. The zero-order valence-corrected chi connectivity index (χ0v) is 13.1. The van der Waals surface area contributed by atoms with Crippen molar-refractivity contribution < 1.29 is 13.0 Å². The fourth-order valence-corrected chi connectivity index (χ4v) is 1.87. The summed E-state index contributed by atoms with van der Waals surface area (Å²) >= 11 is 0. The van der Waals surface area contributed by atoms with Crippen molar-refractivity contribution in [3.63, 3.8) is 0 Å². The number of aromatic nitrogens is 1. The van der Waals surface area contributed by atoms with Crippen LogP contribution in [-0.2, 0) is 23.1 Å². The average molecular weight is 289 g/mol. The normalized spacial score (nSPS) is 10.9. The number of rotatable bonds is 7. The standard InChI is InChI=1S/C13H23N.CH4O3S/c1-3-5-6-7-8-11-14-12-9-10-13(14)4-2;1-5(2,3)4/h9-10,12H,3-8,11H2,1-2H3;1H3,(H,2,3,4). The quantitative estimate of drug-likeness (QED) is 0.617. The van der Waals surface area contributed by atoms with E-state index in [1.165, 1.54) is 44.3 Å². The van der Waals surface area contributed by atoms with Gasteiger partial charge in [-0.1, -0.05) is 39.5 Å². The third-order valence-corrected chi connectivity index (χ3v) is 2.79. The number of hydrogen-bond donors (Lipinski definition) is 1. The molecule has 0 aliphatic rings. The molecule has 1 aromatic heterocycles. The predicted molar refractivity (Wildman–Crippen MR) is 80.0 cm³/mol. The molecule has 4 nitrogen and oxygen atoms in total. The van der Waals surface area contributed by atoms with Crippen LogP contribution in [0.3, 0.4) is 0 Å². The Labute approximate surface area is 117 Å². The molecule has 1 N–H and O–H groups in total. The highest BCUT2D eigenvalue weighted by Crippen LogP contribution is 2.08. The van der Waals surface area contributed by atoms with Gasteiger partial charge in [-0.3, -0.25) is 4.55 Å². The zero-order valence-electron chi connectivity index (χ0n) is 12.3. The summed E-state index contributed by atoms with van der Waals surface area (Å²) in [5, 5.41) is 0. The molecule has 19 heavy (non-hydrogen) atoms. The van der Waals surface area contributed by atoms with Gasteiger partial charge < -0.3 is 4.57 Å². The van der Waals surface area contributed by atoms with Gasteiger partial charge in [-0.25, -0.2) is 0 Å². The van der Waals surface area contributed by atoms with Crippen LogP contribution in [0.2, 0.25) is 0 Å². The van der Waals surface area contributed by atoms with Gasteiger partial charge in [0, 0.05) is 18.4 Å². The number of unbranched alkanes of at least 4 members (excludes halogenated alkanes) is 4. The van der Waals surface area contributed by atoms with Gasteiger partial charge in [-0.15, -0.1) is 0 Å². The molecule has 0 aliphatic carbocycles. The molecule has 1 heterocycles. The first-order valence-electron chi connectivity index (χ1n) is 6.95. The monoisotopic (exact) mass is 289 g/mol. The number of nitrogens with zero attached hydrogens (tertiary/aromatic N) is 1. The van der Waals surface area contributed by atoms with Crippen molar-refractivity contribution >= 4 is 10.1 Å². The average Bonchev–Trinajstić information content (AvgIpc) is 2.74. The first-order chi connectivity index (χ1) is 8.88. The summed E-state index contributed by atoms with van der Waals surface area (Å²) < 4.78 is 28.3. The van der Waals surface area contributed by atoms with E-state index in [2.05, 4.69) is 36.7 Å². The van der Waals surface area contributed by atoms with Crippen LogP contribution in [0.4, 0.5) is 0 Å². The SMILES string of the molecule is CCCCCCCn1cccc1CC.CS(=O)(=O)O. The van der Waals surface area contributed by atoms with Crippen LogP contribution in [0, 0.1) is 0 Å². The molecule has 0 aliphatic heterocycles. The van der Waals surface area contributed by atoms with Crippen LogP contribution in [0.5, 0.6) is 0 Å². The summed E-state index contributed by atoms with van der Waals surface area (Å²) in [7, 11) is -3.67. The molecule has 112 valence electrons. The Hall–Kier alpha value is -0.810. The second-order valence-corrected chi connectivity index (χ2v) is 6.16. The van der Waals surface area contributed by atoms with Gasteiger partial charge in [0.05, 0.1) is 6.26 Å². The molecular weight excluding hydrogens is 262 g/mol. The van der Waals surface area contributed by atoms with E-state index in [1.807, 2.05) is 0 Å². The molecule has 1 aromatic rings. The van der Waals surface area contributed by atoms with Crippen LogP contribution < -0.4 is 0 Å². The summed E-state index contributed by atoms with van der Waals surface area (Å²) in [6, 6.07) is 4.39. The lowest BCUT2D eigenvalue weighted by molar-refractivity contribution is 0.490. The molecule has 0 unspecified atom stereocenters. The Morgan fingerprint density at radius 2 is 1.74 bits per heavy atom. The minimum atomic E-state index is -3.67. The van der Waals surface area contributed by atoms with Crippen LogP contribution in [0.15, 0.2) is 18.3 Å². The van der Waals surface area contributed by atoms with E-state index < -0.39 is 10.1 Å². The van der Waals surface area contributed by atoms with Gasteiger partial charge >= 0.3 is 0 Å². The van der Waals surface area contributed by atoms with Gasteiger partial charge in [-0.05, 0) is 25.0 Å². The molecule has 0 atom stereocenters. The van der Waals surface area contributed by atoms with Crippen molar-refractivity contribution in [3.8, 4) is 0 Å². The Bertz CT molecular complexity index is 416. The maximum absolute atomic E-state index is 9.19. The fraction of sp³-hybridized carbons (Fsp3) is 0.714. The first-order valence-corrected chi connectivity index (χ1v) is 8.79. The first kappa shape index (κ1) is 18.2. The van der Waals surface area contributed by atoms with Gasteiger partial charge in [0.2, 0.25) is 0 Å². The molecule has 0 amide bonds. The maximum atomic E-state index is 9.19. The fourth-order valence-electron chi connectivity index (χ4n) is 1.87. The molecule has 0 radical (unpaired) electrons. The number of aryl methyl sites for hydroxylation is 2. The van der Waals surface area contributed by atoms with Crippen LogP contribution >= 0.6 is 0 Å². The summed E-state index contributed by atoms with van der Waals surface area (Å²) in [6.45, 7) is 5.70. The van der Waals surface area contributed by atoms with E-state index in [9.17, 15) is 8.42 Å². The summed E-state index contributed by atoms with van der Waals surface area (Å²) in [4.78, 5) is 0. The molecule has 0 saturated carbocycles. The highest BCUT2D eigenvalue weighted by Gasteiger charge is 1.97. The summed E-state index contributed by atoms with van der Waals surface area (Å²) in [6.07, 6.45) is 10.9. The second kappa shape index (κ2) is 10.0. The van der Waals surface area contributed by atoms with Gasteiger partial charge in [0.25, 0.3) is 10.1 Å². The Morgan fingerprint density at radius 1 is 1.16 bits per heavy atom. The molecule has 0 aromatic carbocycles. The smallest absolute Gasteiger partial charge is 0.261 e. The highest BCUT2D eigenvalue weighted by atomic mass is 32.2. The third-order valence-electron chi connectivity index (χ3n) is 2.79. The molecular formula is C14H27NO3S. The van der Waals surface area contributed by atoms with Crippen LogP contribution in [0.25, 0.3) is 0 Å². The Morgan fingerprint density at radius 3 is 2.26 bits per heavy atom. The summed E-state index contributed by atoms with van der Waals surface area (Å²) in [5.41, 5.74) is 1.47. The van der Waals surface area contributed by atoms with Crippen molar-refractivity contribution in [2.45, 2.75) is 58.9 Å². The van der Waals surface area contributed by atoms with E-state index in [4.69, 9.17) is 4.55 Å². The molecule has 0 saturated heterocycles. The zero-order chi connectivity index (χ0) is 14.7. The van der Waals surface area contributed by atoms with E-state index in [-0.39, 0.29) is 0 Å². The highest BCUT2D eigenvalue weighted by molar-refractivity contribution is 7.85. The molecule has 0 spiro atoms. The largest absolute Gasteiger partial charge is 0.351 e. The lowest BCUT2D eigenvalue weighted by atomic mass is 10.1. The molecule has 0 fully saturated rings. The van der Waals surface area contributed by atoms with Crippen LogP contribution in [-0.4, -0.2) is 23.8 Å². The predicted octanol–water partition coefficient (Wildman–Crippen LogP) is 3.52. The Kier molecular flexibility index (Phi) is 9.61. The van der Waals surface area contributed by atoms with E-state index in [0.717, 1.165) is 6.42 Å². The minimum Gasteiger partial charge on any atom is -0.351 e. The van der Waals surface area contributed by atoms with E-state index in [0.29, 0.717) is 6.26 Å². The van der Waals surface area contributed by atoms with Crippen molar-refractivity contribution in [1.82, 2.24) is 4.57 Å². The van der Waals surface area contributed by atoms with Gasteiger partial charge in [0.15, 0.2) is 0 Å². The van der Waals surface area contributed by atoms with Gasteiger partial charge in [0.1, 0.15) is 0 Å². The van der Waals surface area contributed by atoms with Crippen molar-refractivity contribution in [3.05, 3.63) is 24.0 Å². The van der Waals surface area contributed by atoms with Crippen LogP contribution in [0.1, 0.15) is 51.6 Å². The molecule has 1 rings (SSSR count).